The molecule has 33 heavy (non-hydrogen) atoms. The van der Waals surface area contributed by atoms with Crippen molar-refractivity contribution < 1.29 is 0 Å². The molecule has 174 valence electrons. The molecule has 2 aromatic heterocycles. The second kappa shape index (κ2) is 10.5. The monoisotopic (exact) mass is 465 g/mol. The first-order valence-corrected chi connectivity index (χ1v) is 12.5. The van der Waals surface area contributed by atoms with Gasteiger partial charge >= 0.3 is 0 Å². The van der Waals surface area contributed by atoms with Gasteiger partial charge in [0.25, 0.3) is 0 Å². The molecule has 0 atom stereocenters. The third-order valence-corrected chi connectivity index (χ3v) is 6.87. The summed E-state index contributed by atoms with van der Waals surface area (Å²) >= 11 is 6.10. The lowest BCUT2D eigenvalue weighted by Crippen LogP contribution is -2.47. The van der Waals surface area contributed by atoms with Crippen molar-refractivity contribution >= 4 is 40.0 Å². The van der Waals surface area contributed by atoms with Gasteiger partial charge in [-0.25, -0.2) is 4.98 Å². The van der Waals surface area contributed by atoms with Crippen LogP contribution in [-0.4, -0.2) is 72.2 Å². The minimum absolute atomic E-state index is 0.718. The first kappa shape index (κ1) is 22.2. The van der Waals surface area contributed by atoms with Crippen molar-refractivity contribution in [1.82, 2.24) is 19.9 Å². The summed E-state index contributed by atoms with van der Waals surface area (Å²) in [6.07, 6.45) is 8.66. The highest BCUT2D eigenvalue weighted by Crippen LogP contribution is 2.24. The van der Waals surface area contributed by atoms with Crippen LogP contribution >= 0.6 is 11.6 Å². The number of nitrogens with zero attached hydrogens (tertiary/aromatic N) is 6. The van der Waals surface area contributed by atoms with E-state index in [1.54, 1.807) is 0 Å². The topological polar surface area (TPSA) is 60.4 Å². The van der Waals surface area contributed by atoms with Gasteiger partial charge in [-0.2, -0.15) is 4.98 Å². The Balaban J connectivity index is 1.08. The molecule has 2 saturated heterocycles. The van der Waals surface area contributed by atoms with E-state index in [2.05, 4.69) is 36.1 Å². The maximum atomic E-state index is 6.10. The second-order valence-electron chi connectivity index (χ2n) is 8.89. The van der Waals surface area contributed by atoms with Crippen molar-refractivity contribution in [2.24, 2.45) is 0 Å². The van der Waals surface area contributed by atoms with Crippen LogP contribution in [0.3, 0.4) is 0 Å². The summed E-state index contributed by atoms with van der Waals surface area (Å²) in [6.45, 7) is 8.35. The lowest BCUT2D eigenvalue weighted by atomic mass is 10.1. The fraction of sp³-hybridized carbons (Fsp3) is 0.480. The van der Waals surface area contributed by atoms with E-state index in [4.69, 9.17) is 16.6 Å². The third-order valence-electron chi connectivity index (χ3n) is 6.63. The van der Waals surface area contributed by atoms with E-state index in [1.165, 1.54) is 19.3 Å². The van der Waals surface area contributed by atoms with Gasteiger partial charge in [-0.05, 0) is 62.6 Å². The van der Waals surface area contributed by atoms with Gasteiger partial charge in [0.05, 0.1) is 5.52 Å². The second-order valence-corrected chi connectivity index (χ2v) is 9.33. The molecular weight excluding hydrogens is 434 g/mol. The number of aromatic nitrogens is 3. The van der Waals surface area contributed by atoms with E-state index >= 15 is 0 Å². The molecule has 0 bridgehead atoms. The molecule has 4 heterocycles. The van der Waals surface area contributed by atoms with Crippen LogP contribution < -0.4 is 15.1 Å². The number of hydrogen-bond acceptors (Lipinski definition) is 7. The molecular formula is C25H32ClN7. The van der Waals surface area contributed by atoms with Gasteiger partial charge in [-0.15, -0.1) is 0 Å². The lowest BCUT2D eigenvalue weighted by molar-refractivity contribution is 0.256. The number of nitrogens with one attached hydrogen (secondary N) is 1. The highest BCUT2D eigenvalue weighted by atomic mass is 35.5. The van der Waals surface area contributed by atoms with Gasteiger partial charge < -0.3 is 15.1 Å². The summed E-state index contributed by atoms with van der Waals surface area (Å²) in [7, 11) is 0. The van der Waals surface area contributed by atoms with Crippen molar-refractivity contribution in [3.63, 3.8) is 0 Å². The molecule has 2 aliphatic rings. The van der Waals surface area contributed by atoms with E-state index in [-0.39, 0.29) is 0 Å². The Labute approximate surface area is 200 Å². The number of fused-ring (bicyclic) bond motifs is 1. The predicted molar refractivity (Wildman–Crippen MR) is 137 cm³/mol. The maximum absolute atomic E-state index is 6.10. The van der Waals surface area contributed by atoms with Crippen LogP contribution in [0.25, 0.3) is 10.9 Å². The molecule has 7 nitrogen and oxygen atoms in total. The molecule has 0 amide bonds. The molecule has 1 N–H and O–H groups in total. The quantitative estimate of drug-likeness (QED) is 0.522. The Hall–Kier alpha value is -2.64. The Kier molecular flexibility index (Phi) is 7.07. The lowest BCUT2D eigenvalue weighted by Gasteiger charge is -2.36. The van der Waals surface area contributed by atoms with E-state index < -0.39 is 0 Å². The van der Waals surface area contributed by atoms with E-state index in [0.29, 0.717) is 0 Å². The van der Waals surface area contributed by atoms with Gasteiger partial charge in [0, 0.05) is 74.3 Å². The van der Waals surface area contributed by atoms with Gasteiger partial charge in [0.2, 0.25) is 5.95 Å². The zero-order valence-corrected chi connectivity index (χ0v) is 19.8. The van der Waals surface area contributed by atoms with E-state index in [1.807, 2.05) is 36.7 Å². The van der Waals surface area contributed by atoms with Gasteiger partial charge in [-0.3, -0.25) is 9.88 Å². The fourth-order valence-corrected chi connectivity index (χ4v) is 4.93. The molecule has 0 aliphatic carbocycles. The zero-order chi connectivity index (χ0) is 22.5. The maximum Gasteiger partial charge on any atom is 0.227 e. The van der Waals surface area contributed by atoms with Crippen molar-refractivity contribution in [3.8, 4) is 0 Å². The number of piperidine rings is 1. The van der Waals surface area contributed by atoms with Crippen LogP contribution in [0.1, 0.15) is 25.7 Å². The van der Waals surface area contributed by atoms with Crippen LogP contribution in [0, 0.1) is 0 Å². The first-order chi connectivity index (χ1) is 16.3. The number of hydrogen-bond donors (Lipinski definition) is 1. The predicted octanol–water partition coefficient (Wildman–Crippen LogP) is 4.29. The fourth-order valence-electron chi connectivity index (χ4n) is 4.76. The molecule has 3 aromatic rings. The average Bonchev–Trinajstić information content (AvgIpc) is 2.87. The van der Waals surface area contributed by atoms with Crippen LogP contribution in [0.2, 0.25) is 5.02 Å². The summed E-state index contributed by atoms with van der Waals surface area (Å²) in [5.41, 5.74) is 2.05. The van der Waals surface area contributed by atoms with E-state index in [9.17, 15) is 0 Å². The summed E-state index contributed by atoms with van der Waals surface area (Å²) in [5, 5.41) is 5.41. The summed E-state index contributed by atoms with van der Waals surface area (Å²) in [4.78, 5) is 21.1. The molecule has 0 spiro atoms. The number of piperazine rings is 1. The van der Waals surface area contributed by atoms with Crippen molar-refractivity contribution in [2.45, 2.75) is 25.7 Å². The minimum atomic E-state index is 0.718. The Bertz CT molecular complexity index is 1060. The number of benzene rings is 1. The van der Waals surface area contributed by atoms with Crippen molar-refractivity contribution in [3.05, 3.63) is 47.7 Å². The SMILES string of the molecule is Clc1ccc2c(NCCCN3CCN(c4ccnc(N5CCCCC5)n4)CC3)ccnc2c1. The normalized spacial score (nSPS) is 17.5. The van der Waals surface area contributed by atoms with Crippen LogP contribution in [0.4, 0.5) is 17.5 Å². The number of pyridine rings is 1. The minimum Gasteiger partial charge on any atom is -0.384 e. The van der Waals surface area contributed by atoms with Crippen LogP contribution in [0.5, 0.6) is 0 Å². The average molecular weight is 466 g/mol. The first-order valence-electron chi connectivity index (χ1n) is 12.1. The number of rotatable bonds is 7. The molecule has 5 rings (SSSR count). The zero-order valence-electron chi connectivity index (χ0n) is 19.1. The molecule has 8 heteroatoms. The highest BCUT2D eigenvalue weighted by molar-refractivity contribution is 6.31. The van der Waals surface area contributed by atoms with Crippen molar-refractivity contribution in [2.75, 3.05) is 67.5 Å². The Morgan fingerprint density at radius 3 is 2.52 bits per heavy atom. The molecule has 2 aliphatic heterocycles. The number of anilines is 3. The van der Waals surface area contributed by atoms with Gasteiger partial charge in [0.15, 0.2) is 0 Å². The molecule has 0 unspecified atom stereocenters. The van der Waals surface area contributed by atoms with Gasteiger partial charge in [0.1, 0.15) is 5.82 Å². The number of halogens is 1. The molecule has 2 fully saturated rings. The Morgan fingerprint density at radius 2 is 1.67 bits per heavy atom. The summed E-state index contributed by atoms with van der Waals surface area (Å²) in [5.74, 6) is 1.96. The molecule has 1 aromatic carbocycles. The van der Waals surface area contributed by atoms with Crippen LogP contribution in [0.15, 0.2) is 42.7 Å². The summed E-state index contributed by atoms with van der Waals surface area (Å²) < 4.78 is 0. The van der Waals surface area contributed by atoms with Crippen molar-refractivity contribution in [1.29, 1.82) is 0 Å². The largest absolute Gasteiger partial charge is 0.384 e. The van der Waals surface area contributed by atoms with E-state index in [0.717, 1.165) is 92.2 Å². The van der Waals surface area contributed by atoms with Gasteiger partial charge in [-0.1, -0.05) is 11.6 Å². The third kappa shape index (κ3) is 5.47. The van der Waals surface area contributed by atoms with Crippen LogP contribution in [-0.2, 0) is 0 Å². The smallest absolute Gasteiger partial charge is 0.227 e. The standard InChI is InChI=1S/C25H32ClN7/c26-20-5-6-21-22(7-10-28-23(21)19-20)27-9-4-12-31-15-17-32(18-16-31)24-8-11-29-25(30-24)33-13-2-1-3-14-33/h5-8,10-11,19H,1-4,9,12-18H2,(H,27,28). The molecule has 0 radical (unpaired) electrons. The molecule has 0 saturated carbocycles. The highest BCUT2D eigenvalue weighted by Gasteiger charge is 2.20. The Morgan fingerprint density at radius 1 is 0.848 bits per heavy atom. The summed E-state index contributed by atoms with van der Waals surface area (Å²) in [6, 6.07) is 9.96.